The van der Waals surface area contributed by atoms with Gasteiger partial charge >= 0.3 is 0 Å². The highest BCUT2D eigenvalue weighted by Crippen LogP contribution is 2.30. The van der Waals surface area contributed by atoms with Crippen molar-refractivity contribution >= 4 is 0 Å². The highest BCUT2D eigenvalue weighted by Gasteiger charge is 2.29. The molecule has 1 nitrogen and oxygen atoms in total. The lowest BCUT2D eigenvalue weighted by Gasteiger charge is -2.42. The van der Waals surface area contributed by atoms with E-state index >= 15 is 0 Å². The summed E-state index contributed by atoms with van der Waals surface area (Å²) in [5, 5.41) is 0. The lowest BCUT2D eigenvalue weighted by Crippen LogP contribution is -2.46. The van der Waals surface area contributed by atoms with E-state index in [4.69, 9.17) is 0 Å². The van der Waals surface area contributed by atoms with Gasteiger partial charge in [-0.1, -0.05) is 20.8 Å². The fourth-order valence-corrected chi connectivity index (χ4v) is 2.79. The summed E-state index contributed by atoms with van der Waals surface area (Å²) in [7, 11) is 0. The fraction of sp³-hybridized carbons (Fsp3) is 1.00. The third kappa shape index (κ3) is 2.73. The van der Waals surface area contributed by atoms with Crippen molar-refractivity contribution in [2.45, 2.75) is 66.0 Å². The van der Waals surface area contributed by atoms with Crippen LogP contribution in [-0.2, 0) is 0 Å². The predicted octanol–water partition coefficient (Wildman–Crippen LogP) is 3.54. The quantitative estimate of drug-likeness (QED) is 0.669. The van der Waals surface area contributed by atoms with E-state index in [1.54, 1.807) is 0 Å². The monoisotopic (exact) mass is 197 g/mol. The summed E-state index contributed by atoms with van der Waals surface area (Å²) in [6.45, 7) is 13.1. The van der Waals surface area contributed by atoms with Gasteiger partial charge in [-0.25, -0.2) is 0 Å². The molecule has 0 aliphatic carbocycles. The molecule has 1 unspecified atom stereocenters. The molecule has 1 heteroatoms. The van der Waals surface area contributed by atoms with Gasteiger partial charge in [0, 0.05) is 12.1 Å². The summed E-state index contributed by atoms with van der Waals surface area (Å²) in [5.41, 5.74) is 0. The van der Waals surface area contributed by atoms with E-state index in [0.717, 1.165) is 23.9 Å². The average Bonchev–Trinajstić information content (AvgIpc) is 2.16. The molecule has 1 aliphatic rings. The van der Waals surface area contributed by atoms with Gasteiger partial charge in [-0.15, -0.1) is 0 Å². The van der Waals surface area contributed by atoms with Crippen LogP contribution in [0.3, 0.4) is 0 Å². The second-order valence-electron chi connectivity index (χ2n) is 5.42. The maximum absolute atomic E-state index is 2.69. The van der Waals surface area contributed by atoms with Crippen LogP contribution in [-0.4, -0.2) is 23.5 Å². The van der Waals surface area contributed by atoms with Crippen molar-refractivity contribution in [3.63, 3.8) is 0 Å². The smallest absolute Gasteiger partial charge is 0.00980 e. The molecule has 1 fully saturated rings. The number of piperidine rings is 1. The Kier molecular flexibility index (Phi) is 4.43. The second kappa shape index (κ2) is 5.16. The van der Waals surface area contributed by atoms with Crippen molar-refractivity contribution in [1.82, 2.24) is 4.90 Å². The molecule has 0 aromatic heterocycles. The molecule has 2 atom stereocenters. The van der Waals surface area contributed by atoms with Gasteiger partial charge in [0.15, 0.2) is 0 Å². The van der Waals surface area contributed by atoms with Crippen LogP contribution in [0.4, 0.5) is 0 Å². The van der Waals surface area contributed by atoms with Gasteiger partial charge in [-0.3, -0.25) is 4.90 Å². The Bertz CT molecular complexity index is 163. The number of hydrogen-bond donors (Lipinski definition) is 0. The Hall–Kier alpha value is -0.0400. The molecule has 0 saturated carbocycles. The van der Waals surface area contributed by atoms with Gasteiger partial charge in [0.05, 0.1) is 0 Å². The first kappa shape index (κ1) is 12.0. The van der Waals surface area contributed by atoms with Gasteiger partial charge in [0.2, 0.25) is 0 Å². The second-order valence-corrected chi connectivity index (χ2v) is 5.42. The summed E-state index contributed by atoms with van der Waals surface area (Å²) >= 11 is 0. The molecule has 84 valence electrons. The highest BCUT2D eigenvalue weighted by molar-refractivity contribution is 4.83. The van der Waals surface area contributed by atoms with Crippen molar-refractivity contribution < 1.29 is 0 Å². The Labute approximate surface area is 89.9 Å². The minimum absolute atomic E-state index is 0.730. The molecular weight excluding hydrogens is 170 g/mol. The van der Waals surface area contributed by atoms with Crippen molar-refractivity contribution in [3.8, 4) is 0 Å². The van der Waals surface area contributed by atoms with Crippen LogP contribution in [0.15, 0.2) is 0 Å². The van der Waals surface area contributed by atoms with Crippen LogP contribution in [0, 0.1) is 11.8 Å². The lowest BCUT2D eigenvalue weighted by atomic mass is 9.82. The largest absolute Gasteiger partial charge is 0.298 e. The molecule has 0 N–H and O–H groups in total. The highest BCUT2D eigenvalue weighted by atomic mass is 15.2. The van der Waals surface area contributed by atoms with Crippen molar-refractivity contribution in [2.24, 2.45) is 11.8 Å². The predicted molar refractivity (Wildman–Crippen MR) is 63.5 cm³/mol. The van der Waals surface area contributed by atoms with Gasteiger partial charge in [-0.05, 0) is 51.5 Å². The van der Waals surface area contributed by atoms with Gasteiger partial charge < -0.3 is 0 Å². The van der Waals surface area contributed by atoms with Crippen LogP contribution in [0.2, 0.25) is 0 Å². The number of likely N-dealkylation sites (tertiary alicyclic amines) is 1. The SMILES string of the molecule is CC[C@H]1CC(C(C)C)CCN1C(C)C. The molecule has 1 rings (SSSR count). The standard InChI is InChI=1S/C13H27N/c1-6-13-9-12(10(2)3)7-8-14(13)11(4)5/h10-13H,6-9H2,1-5H3/t12?,13-/m0/s1. The van der Waals surface area contributed by atoms with E-state index in [2.05, 4.69) is 39.5 Å². The Balaban J connectivity index is 2.54. The van der Waals surface area contributed by atoms with Crippen molar-refractivity contribution in [3.05, 3.63) is 0 Å². The zero-order valence-corrected chi connectivity index (χ0v) is 10.6. The minimum atomic E-state index is 0.730. The summed E-state index contributed by atoms with van der Waals surface area (Å²) in [5.74, 6) is 1.84. The molecule has 0 aromatic rings. The zero-order valence-electron chi connectivity index (χ0n) is 10.6. The van der Waals surface area contributed by atoms with E-state index in [1.807, 2.05) is 0 Å². The van der Waals surface area contributed by atoms with Crippen molar-refractivity contribution in [1.29, 1.82) is 0 Å². The van der Waals surface area contributed by atoms with Crippen LogP contribution in [0.25, 0.3) is 0 Å². The summed E-state index contributed by atoms with van der Waals surface area (Å²) in [6.07, 6.45) is 4.15. The maximum atomic E-state index is 2.69. The number of nitrogens with zero attached hydrogens (tertiary/aromatic N) is 1. The van der Waals surface area contributed by atoms with E-state index in [9.17, 15) is 0 Å². The van der Waals surface area contributed by atoms with Crippen LogP contribution >= 0.6 is 0 Å². The average molecular weight is 197 g/mol. The normalized spacial score (nSPS) is 30.2. The Morgan fingerprint density at radius 2 is 1.86 bits per heavy atom. The van der Waals surface area contributed by atoms with E-state index < -0.39 is 0 Å². The first-order valence-corrected chi connectivity index (χ1v) is 6.32. The fourth-order valence-electron chi connectivity index (χ4n) is 2.79. The van der Waals surface area contributed by atoms with E-state index in [1.165, 1.54) is 25.8 Å². The van der Waals surface area contributed by atoms with E-state index in [0.29, 0.717) is 0 Å². The van der Waals surface area contributed by atoms with Crippen LogP contribution in [0.1, 0.15) is 53.9 Å². The summed E-state index contributed by atoms with van der Waals surface area (Å²) in [4.78, 5) is 2.69. The molecule has 0 bridgehead atoms. The number of rotatable bonds is 3. The third-order valence-corrected chi connectivity index (χ3v) is 3.88. The Morgan fingerprint density at radius 3 is 2.29 bits per heavy atom. The maximum Gasteiger partial charge on any atom is 0.00980 e. The molecule has 14 heavy (non-hydrogen) atoms. The molecule has 1 heterocycles. The lowest BCUT2D eigenvalue weighted by molar-refractivity contribution is 0.0642. The summed E-state index contributed by atoms with van der Waals surface area (Å²) in [6, 6.07) is 1.57. The molecule has 0 spiro atoms. The van der Waals surface area contributed by atoms with Gasteiger partial charge in [0.1, 0.15) is 0 Å². The Morgan fingerprint density at radius 1 is 1.21 bits per heavy atom. The van der Waals surface area contributed by atoms with Crippen molar-refractivity contribution in [2.75, 3.05) is 6.54 Å². The summed E-state index contributed by atoms with van der Waals surface area (Å²) < 4.78 is 0. The minimum Gasteiger partial charge on any atom is -0.298 e. The van der Waals surface area contributed by atoms with Gasteiger partial charge in [0.25, 0.3) is 0 Å². The topological polar surface area (TPSA) is 3.24 Å². The first-order valence-electron chi connectivity index (χ1n) is 6.32. The van der Waals surface area contributed by atoms with Gasteiger partial charge in [-0.2, -0.15) is 0 Å². The number of hydrogen-bond acceptors (Lipinski definition) is 1. The third-order valence-electron chi connectivity index (χ3n) is 3.88. The van der Waals surface area contributed by atoms with Crippen LogP contribution in [0.5, 0.6) is 0 Å². The molecule has 0 aromatic carbocycles. The molecule has 1 saturated heterocycles. The zero-order chi connectivity index (χ0) is 10.7. The molecule has 0 amide bonds. The van der Waals surface area contributed by atoms with Crippen LogP contribution < -0.4 is 0 Å². The molecule has 0 radical (unpaired) electrons. The first-order chi connectivity index (χ1) is 6.56. The molecule has 1 aliphatic heterocycles. The molecular formula is C13H27N. The van der Waals surface area contributed by atoms with E-state index in [-0.39, 0.29) is 0 Å².